The molecule has 36 heavy (non-hydrogen) atoms. The molecule has 7 rings (SSSR count). The Morgan fingerprint density at radius 2 is 1.50 bits per heavy atom. The van der Waals surface area contributed by atoms with Crippen LogP contribution in [0.1, 0.15) is 0 Å². The summed E-state index contributed by atoms with van der Waals surface area (Å²) in [6.07, 6.45) is 0. The standard InChI is InChI=1S/C30H18N3O2.Pt/c34-27-11-5-7-20-13-17-29(32-30(20)27)35-21-14-15-23-22-8-2-4-10-25(22)33(26(23)18-21)28-16-12-19-6-1-3-9-24(19)31-28;/h1-17,34H;/q-1;. The molecular formula is C30H18N3O2Pt-. The molecule has 0 fully saturated rings. The summed E-state index contributed by atoms with van der Waals surface area (Å²) in [6.45, 7) is 0. The zero-order chi connectivity index (χ0) is 23.4. The molecule has 0 aliphatic carbocycles. The van der Waals surface area contributed by atoms with Crippen LogP contribution >= 0.6 is 0 Å². The number of phenolic OH excluding ortho intramolecular Hbond substituents is 1. The summed E-state index contributed by atoms with van der Waals surface area (Å²) < 4.78 is 8.21. The molecule has 0 atom stereocenters. The van der Waals surface area contributed by atoms with E-state index in [0.717, 1.165) is 43.9 Å². The molecule has 4 aromatic carbocycles. The van der Waals surface area contributed by atoms with Gasteiger partial charge in [0.2, 0.25) is 5.88 Å². The van der Waals surface area contributed by atoms with Gasteiger partial charge in [-0.25, -0.2) is 9.97 Å². The minimum absolute atomic E-state index is 0. The van der Waals surface area contributed by atoms with Crippen LogP contribution < -0.4 is 4.74 Å². The summed E-state index contributed by atoms with van der Waals surface area (Å²) in [5.74, 6) is 1.86. The average molecular weight is 648 g/mol. The summed E-state index contributed by atoms with van der Waals surface area (Å²) in [7, 11) is 0. The zero-order valence-electron chi connectivity index (χ0n) is 18.8. The molecule has 0 amide bonds. The molecule has 7 aromatic rings. The maximum atomic E-state index is 10.2. The number of nitrogens with zero attached hydrogens (tertiary/aromatic N) is 3. The van der Waals surface area contributed by atoms with E-state index in [2.05, 4.69) is 39.9 Å². The molecule has 0 saturated heterocycles. The first-order chi connectivity index (χ1) is 17.2. The summed E-state index contributed by atoms with van der Waals surface area (Å²) in [5.41, 5.74) is 3.35. The zero-order valence-corrected chi connectivity index (χ0v) is 21.1. The van der Waals surface area contributed by atoms with Crippen LogP contribution in [0.2, 0.25) is 0 Å². The second kappa shape index (κ2) is 8.78. The van der Waals surface area contributed by atoms with E-state index in [-0.39, 0.29) is 26.8 Å². The van der Waals surface area contributed by atoms with Gasteiger partial charge in [-0.3, -0.25) is 0 Å². The average Bonchev–Trinajstić information content (AvgIpc) is 3.22. The van der Waals surface area contributed by atoms with Gasteiger partial charge in [0.15, 0.2) is 0 Å². The van der Waals surface area contributed by atoms with E-state index < -0.39 is 0 Å². The van der Waals surface area contributed by atoms with Crippen molar-refractivity contribution in [2.24, 2.45) is 0 Å². The van der Waals surface area contributed by atoms with Crippen LogP contribution in [0, 0.1) is 6.07 Å². The van der Waals surface area contributed by atoms with Crippen LogP contribution in [0.5, 0.6) is 17.4 Å². The Kier molecular flexibility index (Phi) is 5.43. The van der Waals surface area contributed by atoms with Crippen molar-refractivity contribution in [2.45, 2.75) is 0 Å². The van der Waals surface area contributed by atoms with Crippen molar-refractivity contribution in [3.05, 3.63) is 109 Å². The number of ether oxygens (including phenoxy) is 1. The molecule has 0 aliphatic heterocycles. The molecule has 0 spiro atoms. The molecular weight excluding hydrogens is 629 g/mol. The van der Waals surface area contributed by atoms with Crippen LogP contribution in [-0.2, 0) is 21.1 Å². The molecule has 0 saturated carbocycles. The third-order valence-corrected chi connectivity index (χ3v) is 6.26. The third kappa shape index (κ3) is 3.60. The van der Waals surface area contributed by atoms with E-state index in [0.29, 0.717) is 17.1 Å². The molecule has 0 aliphatic rings. The van der Waals surface area contributed by atoms with Gasteiger partial charge in [0.05, 0.1) is 5.52 Å². The second-order valence-electron chi connectivity index (χ2n) is 8.40. The Labute approximate surface area is 220 Å². The van der Waals surface area contributed by atoms with Gasteiger partial charge in [-0.2, -0.15) is 6.07 Å². The molecule has 3 aromatic heterocycles. The van der Waals surface area contributed by atoms with Gasteiger partial charge in [-0.15, -0.1) is 17.5 Å². The molecule has 3 heterocycles. The first-order valence-electron chi connectivity index (χ1n) is 11.3. The Hall–Kier alpha value is -4.21. The predicted molar refractivity (Wildman–Crippen MR) is 138 cm³/mol. The molecule has 6 heteroatoms. The van der Waals surface area contributed by atoms with E-state index >= 15 is 0 Å². The molecule has 0 radical (unpaired) electrons. The first kappa shape index (κ1) is 22.3. The number of hydrogen-bond donors (Lipinski definition) is 1. The van der Waals surface area contributed by atoms with E-state index in [1.807, 2.05) is 60.7 Å². The number of para-hydroxylation sites is 3. The summed E-state index contributed by atoms with van der Waals surface area (Å²) in [4.78, 5) is 9.43. The number of fused-ring (bicyclic) bond motifs is 5. The van der Waals surface area contributed by atoms with Gasteiger partial charge in [0, 0.05) is 49.2 Å². The molecule has 1 N–H and O–H groups in total. The Morgan fingerprint density at radius 3 is 2.44 bits per heavy atom. The molecule has 5 nitrogen and oxygen atoms in total. The normalized spacial score (nSPS) is 11.2. The van der Waals surface area contributed by atoms with E-state index in [1.54, 1.807) is 18.2 Å². The molecule has 0 unspecified atom stereocenters. The minimum atomic E-state index is 0. The fraction of sp³-hybridized carbons (Fsp3) is 0. The maximum absolute atomic E-state index is 10.2. The predicted octanol–water partition coefficient (Wildman–Crippen LogP) is 7.18. The number of aromatic hydroxyl groups is 1. The smallest absolute Gasteiger partial charge is 0.217 e. The van der Waals surface area contributed by atoms with Gasteiger partial charge < -0.3 is 14.4 Å². The number of pyridine rings is 2. The minimum Gasteiger partial charge on any atom is -0.506 e. The van der Waals surface area contributed by atoms with E-state index in [4.69, 9.17) is 9.72 Å². The van der Waals surface area contributed by atoms with Crippen molar-refractivity contribution in [1.82, 2.24) is 14.5 Å². The number of hydrogen-bond acceptors (Lipinski definition) is 4. The van der Waals surface area contributed by atoms with Gasteiger partial charge >= 0.3 is 0 Å². The van der Waals surface area contributed by atoms with Crippen LogP contribution in [0.25, 0.3) is 49.4 Å². The van der Waals surface area contributed by atoms with E-state index in [9.17, 15) is 5.11 Å². The first-order valence-corrected chi connectivity index (χ1v) is 11.3. The van der Waals surface area contributed by atoms with Crippen molar-refractivity contribution in [1.29, 1.82) is 0 Å². The number of benzene rings is 4. The topological polar surface area (TPSA) is 60.2 Å². The van der Waals surface area contributed by atoms with Gasteiger partial charge in [-0.1, -0.05) is 54.0 Å². The maximum Gasteiger partial charge on any atom is 0.217 e. The Morgan fingerprint density at radius 1 is 0.694 bits per heavy atom. The van der Waals surface area contributed by atoms with Gasteiger partial charge in [0.25, 0.3) is 0 Å². The van der Waals surface area contributed by atoms with Crippen LogP contribution in [0.15, 0.2) is 103 Å². The Bertz CT molecular complexity index is 1910. The fourth-order valence-electron chi connectivity index (χ4n) is 4.63. The summed E-state index contributed by atoms with van der Waals surface area (Å²) >= 11 is 0. The van der Waals surface area contributed by atoms with Crippen molar-refractivity contribution in [3.63, 3.8) is 0 Å². The monoisotopic (exact) mass is 647 g/mol. The van der Waals surface area contributed by atoms with Crippen LogP contribution in [-0.4, -0.2) is 19.6 Å². The second-order valence-corrected chi connectivity index (χ2v) is 8.40. The third-order valence-electron chi connectivity index (χ3n) is 6.26. The Balaban J connectivity index is 0.00000240. The van der Waals surface area contributed by atoms with Crippen molar-refractivity contribution in [3.8, 4) is 23.2 Å². The summed E-state index contributed by atoms with van der Waals surface area (Å²) in [6, 6.07) is 36.8. The number of rotatable bonds is 3. The van der Waals surface area contributed by atoms with Gasteiger partial charge in [-0.05, 0) is 41.8 Å². The summed E-state index contributed by atoms with van der Waals surface area (Å²) in [5, 5.41) is 14.3. The van der Waals surface area contributed by atoms with Crippen molar-refractivity contribution in [2.75, 3.05) is 0 Å². The fourth-order valence-corrected chi connectivity index (χ4v) is 4.63. The van der Waals surface area contributed by atoms with Crippen LogP contribution in [0.4, 0.5) is 0 Å². The van der Waals surface area contributed by atoms with E-state index in [1.165, 1.54) is 0 Å². The largest absolute Gasteiger partial charge is 0.506 e. The number of phenols is 1. The van der Waals surface area contributed by atoms with Crippen molar-refractivity contribution < 1.29 is 30.9 Å². The van der Waals surface area contributed by atoms with Gasteiger partial charge in [0.1, 0.15) is 17.1 Å². The van der Waals surface area contributed by atoms with Crippen LogP contribution in [0.3, 0.4) is 0 Å². The van der Waals surface area contributed by atoms with Crippen molar-refractivity contribution >= 4 is 43.6 Å². The quantitative estimate of drug-likeness (QED) is 0.207. The SMILES string of the molecule is Oc1cccc2ccc(Oc3[c-]c4c(cc3)c3ccccc3n4-c3ccc4ccccc4n3)nc12.[Pt]. The molecule has 0 bridgehead atoms. The number of aromatic nitrogens is 3. The molecule has 176 valence electrons.